The van der Waals surface area contributed by atoms with Gasteiger partial charge in [0.15, 0.2) is 5.78 Å². The molecule has 64 valence electrons. The van der Waals surface area contributed by atoms with Crippen LogP contribution in [-0.4, -0.2) is 24.0 Å². The van der Waals surface area contributed by atoms with E-state index >= 15 is 0 Å². The highest BCUT2D eigenvalue weighted by Gasteiger charge is 2.45. The van der Waals surface area contributed by atoms with Crippen molar-refractivity contribution in [2.45, 2.75) is 32.4 Å². The molecule has 2 unspecified atom stereocenters. The molecule has 1 aliphatic rings. The predicted molar refractivity (Wildman–Crippen MR) is 42.2 cm³/mol. The summed E-state index contributed by atoms with van der Waals surface area (Å²) in [5.74, 6) is 0.313. The van der Waals surface area contributed by atoms with Crippen LogP contribution in [0.2, 0.25) is 0 Å². The van der Waals surface area contributed by atoms with E-state index in [1.807, 2.05) is 13.8 Å². The van der Waals surface area contributed by atoms with Crippen LogP contribution in [0.1, 0.15) is 20.8 Å². The second-order valence-electron chi connectivity index (χ2n) is 3.68. The molecule has 0 radical (unpaired) electrons. The standard InChI is InChI=1S/C8H15NO2/c1-5(2)7-8(3,9)6(10)4-11-7/h5,7H,4,9H2,1-3H3. The highest BCUT2D eigenvalue weighted by atomic mass is 16.5. The van der Waals surface area contributed by atoms with Crippen molar-refractivity contribution in [3.63, 3.8) is 0 Å². The molecule has 1 aliphatic heterocycles. The van der Waals surface area contributed by atoms with Gasteiger partial charge in [0.1, 0.15) is 12.1 Å². The first-order valence-electron chi connectivity index (χ1n) is 3.90. The summed E-state index contributed by atoms with van der Waals surface area (Å²) in [6, 6.07) is 0. The largest absolute Gasteiger partial charge is 0.368 e. The molecule has 1 fully saturated rings. The van der Waals surface area contributed by atoms with Crippen molar-refractivity contribution < 1.29 is 9.53 Å². The molecule has 0 aromatic heterocycles. The van der Waals surface area contributed by atoms with E-state index in [1.54, 1.807) is 6.92 Å². The van der Waals surface area contributed by atoms with Gasteiger partial charge in [-0.05, 0) is 12.8 Å². The normalized spacial score (nSPS) is 38.6. The number of ketones is 1. The van der Waals surface area contributed by atoms with Crippen molar-refractivity contribution in [1.29, 1.82) is 0 Å². The molecule has 0 saturated carbocycles. The molecule has 2 atom stereocenters. The van der Waals surface area contributed by atoms with Gasteiger partial charge in [0.05, 0.1) is 6.10 Å². The first kappa shape index (κ1) is 8.68. The van der Waals surface area contributed by atoms with Crippen molar-refractivity contribution in [3.05, 3.63) is 0 Å². The Hall–Kier alpha value is -0.410. The second-order valence-corrected chi connectivity index (χ2v) is 3.68. The lowest BCUT2D eigenvalue weighted by Crippen LogP contribution is -2.52. The Bertz CT molecular complexity index is 175. The van der Waals surface area contributed by atoms with Crippen LogP contribution in [0, 0.1) is 5.92 Å². The summed E-state index contributed by atoms with van der Waals surface area (Å²) >= 11 is 0. The van der Waals surface area contributed by atoms with E-state index in [0.717, 1.165) is 0 Å². The lowest BCUT2D eigenvalue weighted by Gasteiger charge is -2.26. The van der Waals surface area contributed by atoms with Crippen LogP contribution in [0.4, 0.5) is 0 Å². The van der Waals surface area contributed by atoms with Gasteiger partial charge < -0.3 is 10.5 Å². The summed E-state index contributed by atoms with van der Waals surface area (Å²) in [7, 11) is 0. The highest BCUT2D eigenvalue weighted by molar-refractivity contribution is 5.91. The van der Waals surface area contributed by atoms with Gasteiger partial charge in [0.2, 0.25) is 0 Å². The van der Waals surface area contributed by atoms with Gasteiger partial charge in [0.25, 0.3) is 0 Å². The molecule has 0 aromatic carbocycles. The summed E-state index contributed by atoms with van der Waals surface area (Å²) in [5.41, 5.74) is 5.02. The molecule has 0 bridgehead atoms. The van der Waals surface area contributed by atoms with Gasteiger partial charge >= 0.3 is 0 Å². The van der Waals surface area contributed by atoms with E-state index in [2.05, 4.69) is 0 Å². The first-order valence-corrected chi connectivity index (χ1v) is 3.90. The maximum atomic E-state index is 11.2. The van der Waals surface area contributed by atoms with E-state index in [0.29, 0.717) is 5.92 Å². The van der Waals surface area contributed by atoms with Crippen LogP contribution >= 0.6 is 0 Å². The van der Waals surface area contributed by atoms with Crippen LogP contribution in [0.3, 0.4) is 0 Å². The first-order chi connectivity index (χ1) is 4.96. The van der Waals surface area contributed by atoms with E-state index in [9.17, 15) is 4.79 Å². The molecule has 1 heterocycles. The van der Waals surface area contributed by atoms with Crippen molar-refractivity contribution in [2.75, 3.05) is 6.61 Å². The highest BCUT2D eigenvalue weighted by Crippen LogP contribution is 2.25. The monoisotopic (exact) mass is 157 g/mol. The third-order valence-electron chi connectivity index (χ3n) is 2.19. The number of rotatable bonds is 1. The number of hydrogen-bond acceptors (Lipinski definition) is 3. The maximum absolute atomic E-state index is 11.2. The average molecular weight is 157 g/mol. The van der Waals surface area contributed by atoms with E-state index in [4.69, 9.17) is 10.5 Å². The van der Waals surface area contributed by atoms with E-state index in [-0.39, 0.29) is 18.5 Å². The second kappa shape index (κ2) is 2.57. The fourth-order valence-corrected chi connectivity index (χ4v) is 1.54. The maximum Gasteiger partial charge on any atom is 0.180 e. The van der Waals surface area contributed by atoms with E-state index < -0.39 is 5.54 Å². The lowest BCUT2D eigenvalue weighted by atomic mass is 9.87. The van der Waals surface area contributed by atoms with Crippen molar-refractivity contribution >= 4 is 5.78 Å². The summed E-state index contributed by atoms with van der Waals surface area (Å²) in [5, 5.41) is 0. The summed E-state index contributed by atoms with van der Waals surface area (Å²) in [6.45, 7) is 5.94. The van der Waals surface area contributed by atoms with Gasteiger partial charge in [-0.2, -0.15) is 0 Å². The number of hydrogen-bond donors (Lipinski definition) is 1. The SMILES string of the molecule is CC(C)C1OCC(=O)C1(C)N. The van der Waals surface area contributed by atoms with Crippen LogP contribution in [-0.2, 0) is 9.53 Å². The van der Waals surface area contributed by atoms with Gasteiger partial charge in [-0.3, -0.25) is 4.79 Å². The smallest absolute Gasteiger partial charge is 0.180 e. The number of carbonyl (C=O) groups excluding carboxylic acids is 1. The van der Waals surface area contributed by atoms with Crippen LogP contribution in [0.5, 0.6) is 0 Å². The minimum absolute atomic E-state index is 0.0104. The summed E-state index contributed by atoms with van der Waals surface area (Å²) < 4.78 is 5.27. The minimum atomic E-state index is -0.770. The molecule has 2 N–H and O–H groups in total. The molecule has 11 heavy (non-hydrogen) atoms. The topological polar surface area (TPSA) is 52.3 Å². The van der Waals surface area contributed by atoms with Gasteiger partial charge in [-0.15, -0.1) is 0 Å². The Labute approximate surface area is 66.9 Å². The number of carbonyl (C=O) groups is 1. The molecule has 1 rings (SSSR count). The molecular weight excluding hydrogens is 142 g/mol. The molecule has 3 nitrogen and oxygen atoms in total. The minimum Gasteiger partial charge on any atom is -0.368 e. The fraction of sp³-hybridized carbons (Fsp3) is 0.875. The van der Waals surface area contributed by atoms with E-state index in [1.165, 1.54) is 0 Å². The Kier molecular flexibility index (Phi) is 2.03. The summed E-state index contributed by atoms with van der Waals surface area (Å²) in [6.07, 6.45) is -0.116. The van der Waals surface area contributed by atoms with Crippen molar-refractivity contribution in [2.24, 2.45) is 11.7 Å². The van der Waals surface area contributed by atoms with Gasteiger partial charge in [-0.25, -0.2) is 0 Å². The zero-order valence-electron chi connectivity index (χ0n) is 7.26. The molecular formula is C8H15NO2. The number of ether oxygens (including phenoxy) is 1. The predicted octanol–water partition coefficient (Wildman–Crippen LogP) is 0.328. The molecule has 0 spiro atoms. The average Bonchev–Trinajstić information content (AvgIpc) is 2.08. The third-order valence-corrected chi connectivity index (χ3v) is 2.19. The molecule has 3 heteroatoms. The number of Topliss-reactive ketones (excluding diaryl/α,β-unsaturated/α-hetero) is 1. The number of nitrogens with two attached hydrogens (primary N) is 1. The Morgan fingerprint density at radius 1 is 1.73 bits per heavy atom. The van der Waals surface area contributed by atoms with Crippen molar-refractivity contribution in [1.82, 2.24) is 0 Å². The van der Waals surface area contributed by atoms with Crippen LogP contribution in [0.25, 0.3) is 0 Å². The molecule has 0 aromatic rings. The van der Waals surface area contributed by atoms with Gasteiger partial charge in [-0.1, -0.05) is 13.8 Å². The van der Waals surface area contributed by atoms with Crippen LogP contribution in [0.15, 0.2) is 0 Å². The molecule has 0 aliphatic carbocycles. The fourth-order valence-electron chi connectivity index (χ4n) is 1.54. The molecule has 0 amide bonds. The zero-order valence-corrected chi connectivity index (χ0v) is 7.26. The van der Waals surface area contributed by atoms with Crippen LogP contribution < -0.4 is 5.73 Å². The van der Waals surface area contributed by atoms with Crippen molar-refractivity contribution in [3.8, 4) is 0 Å². The van der Waals surface area contributed by atoms with Gasteiger partial charge in [0, 0.05) is 0 Å². The zero-order chi connectivity index (χ0) is 8.65. The third kappa shape index (κ3) is 1.30. The summed E-state index contributed by atoms with van der Waals surface area (Å²) in [4.78, 5) is 11.2. The Balaban J connectivity index is 2.78. The lowest BCUT2D eigenvalue weighted by molar-refractivity contribution is -0.121. The quantitative estimate of drug-likeness (QED) is 0.596. The Morgan fingerprint density at radius 3 is 2.45 bits per heavy atom. The molecule has 1 saturated heterocycles. The Morgan fingerprint density at radius 2 is 2.27 bits per heavy atom.